The molecule has 258 valence electrons. The summed E-state index contributed by atoms with van der Waals surface area (Å²) >= 11 is 12.4. The van der Waals surface area contributed by atoms with Crippen LogP contribution in [-0.4, -0.2) is 79.2 Å². The number of benzene rings is 3. The van der Waals surface area contributed by atoms with Crippen molar-refractivity contribution in [3.8, 4) is 5.75 Å². The molecule has 2 amide bonds. The minimum atomic E-state index is -4.63. The number of carbonyl (C=O) groups excluding carboxylic acids is 2. The molecule has 5 rings (SSSR count). The monoisotopic (exact) mass is 707 g/mol. The molecule has 2 aliphatic rings. The summed E-state index contributed by atoms with van der Waals surface area (Å²) in [4.78, 5) is 30.8. The Morgan fingerprint density at radius 2 is 1.50 bits per heavy atom. The van der Waals surface area contributed by atoms with Crippen LogP contribution in [0.15, 0.2) is 66.7 Å². The molecule has 3 aromatic rings. The van der Waals surface area contributed by atoms with E-state index >= 15 is 0 Å². The van der Waals surface area contributed by atoms with Gasteiger partial charge in [-0.25, -0.2) is 0 Å². The lowest BCUT2D eigenvalue weighted by Gasteiger charge is -2.40. The van der Waals surface area contributed by atoms with Crippen LogP contribution in [0.25, 0.3) is 0 Å². The Balaban J connectivity index is 1.54. The Hall–Kier alpha value is -3.39. The highest BCUT2D eigenvalue weighted by Crippen LogP contribution is 2.46. The number of amides is 2. The summed E-state index contributed by atoms with van der Waals surface area (Å²) in [5, 5.41) is 19.8. The second-order valence-electron chi connectivity index (χ2n) is 11.7. The molecule has 2 atom stereocenters. The van der Waals surface area contributed by atoms with E-state index in [4.69, 9.17) is 33.0 Å². The topological polar surface area (TPSA) is 106 Å². The van der Waals surface area contributed by atoms with Crippen molar-refractivity contribution in [2.75, 3.05) is 52.5 Å². The largest absolute Gasteiger partial charge is 0.493 e. The SMILES string of the molecule is CCOc1cc(C(F)(F)F)ccc1C1(C(=O)N2CCN(CC(=O)NCCCO)CC2)NC(c2ccc(Cl)cc2)C(c2ccc(Cl)cc2)N1. The standard InChI is InChI=1S/C34H38Cl2F3N5O4/c1-2-48-28-20-24(34(37,38)39)8-13-27(28)33(32(47)44-17-15-43(16-18-44)21-29(46)40-14-3-19-45)41-30(22-4-9-25(35)10-5-22)31(42-33)23-6-11-26(36)12-7-23/h4-13,20,30-31,41-42,45H,2-3,14-19,21H2,1H3,(H,40,46). The Kier molecular flexibility index (Phi) is 11.5. The Morgan fingerprint density at radius 1 is 0.938 bits per heavy atom. The quantitative estimate of drug-likeness (QED) is 0.211. The van der Waals surface area contributed by atoms with E-state index in [1.165, 1.54) is 6.07 Å². The summed E-state index contributed by atoms with van der Waals surface area (Å²) in [7, 11) is 0. The number of ether oxygens (including phenoxy) is 1. The van der Waals surface area contributed by atoms with Gasteiger partial charge in [0, 0.05) is 54.9 Å². The third-order valence-corrected chi connectivity index (χ3v) is 9.06. The summed E-state index contributed by atoms with van der Waals surface area (Å²) in [5.74, 6) is -0.655. The van der Waals surface area contributed by atoms with Crippen molar-refractivity contribution in [3.63, 3.8) is 0 Å². The lowest BCUT2D eigenvalue weighted by molar-refractivity contribution is -0.141. The van der Waals surface area contributed by atoms with Crippen molar-refractivity contribution in [1.82, 2.24) is 25.8 Å². The summed E-state index contributed by atoms with van der Waals surface area (Å²) in [6.45, 7) is 3.58. The molecule has 2 saturated heterocycles. The van der Waals surface area contributed by atoms with E-state index in [-0.39, 0.29) is 50.1 Å². The van der Waals surface area contributed by atoms with E-state index in [1.54, 1.807) is 36.1 Å². The van der Waals surface area contributed by atoms with Gasteiger partial charge in [0.2, 0.25) is 5.91 Å². The van der Waals surface area contributed by atoms with Crippen LogP contribution in [0.5, 0.6) is 5.75 Å². The van der Waals surface area contributed by atoms with Crippen LogP contribution in [-0.2, 0) is 21.4 Å². The van der Waals surface area contributed by atoms with Crippen LogP contribution in [0.2, 0.25) is 10.0 Å². The number of nitrogens with zero attached hydrogens (tertiary/aromatic N) is 2. The number of halogens is 5. The number of hydrogen-bond acceptors (Lipinski definition) is 7. The normalized spacial score (nSPS) is 21.7. The van der Waals surface area contributed by atoms with E-state index in [2.05, 4.69) is 16.0 Å². The number of aliphatic hydroxyl groups is 1. The number of carbonyl (C=O) groups is 2. The minimum absolute atomic E-state index is 0.0212. The van der Waals surface area contributed by atoms with E-state index in [0.29, 0.717) is 36.1 Å². The molecular formula is C34H38Cl2F3N5O4. The van der Waals surface area contributed by atoms with Gasteiger partial charge in [-0.3, -0.25) is 25.1 Å². The van der Waals surface area contributed by atoms with Crippen molar-refractivity contribution in [2.24, 2.45) is 0 Å². The van der Waals surface area contributed by atoms with E-state index < -0.39 is 35.4 Å². The van der Waals surface area contributed by atoms with Crippen molar-refractivity contribution in [1.29, 1.82) is 0 Å². The van der Waals surface area contributed by atoms with Crippen molar-refractivity contribution >= 4 is 35.0 Å². The molecular weight excluding hydrogens is 670 g/mol. The molecule has 2 unspecified atom stereocenters. The zero-order valence-electron chi connectivity index (χ0n) is 26.3. The predicted molar refractivity (Wildman–Crippen MR) is 177 cm³/mol. The first kappa shape index (κ1) is 35.9. The first-order valence-electron chi connectivity index (χ1n) is 15.7. The maximum absolute atomic E-state index is 14.9. The number of rotatable bonds is 11. The average molecular weight is 709 g/mol. The number of alkyl halides is 3. The van der Waals surface area contributed by atoms with Gasteiger partial charge < -0.3 is 20.1 Å². The first-order chi connectivity index (χ1) is 22.9. The van der Waals surface area contributed by atoms with Crippen LogP contribution in [0.4, 0.5) is 13.2 Å². The van der Waals surface area contributed by atoms with Gasteiger partial charge >= 0.3 is 6.18 Å². The maximum atomic E-state index is 14.9. The molecule has 0 aromatic heterocycles. The lowest BCUT2D eigenvalue weighted by atomic mass is 9.94. The average Bonchev–Trinajstić information content (AvgIpc) is 3.47. The van der Waals surface area contributed by atoms with Gasteiger partial charge in [-0.15, -0.1) is 0 Å². The Labute approximate surface area is 287 Å². The highest BCUT2D eigenvalue weighted by molar-refractivity contribution is 6.30. The van der Waals surface area contributed by atoms with E-state index in [0.717, 1.165) is 23.3 Å². The Morgan fingerprint density at radius 3 is 2.00 bits per heavy atom. The van der Waals surface area contributed by atoms with Gasteiger partial charge in [-0.05, 0) is 60.9 Å². The summed E-state index contributed by atoms with van der Waals surface area (Å²) in [6, 6.07) is 16.4. The van der Waals surface area contributed by atoms with E-state index in [1.807, 2.05) is 29.2 Å². The molecule has 4 N–H and O–H groups in total. The number of aliphatic hydroxyl groups excluding tert-OH is 1. The zero-order valence-corrected chi connectivity index (χ0v) is 27.8. The summed E-state index contributed by atoms with van der Waals surface area (Å²) in [6.07, 6.45) is -4.17. The Bertz CT molecular complexity index is 1510. The fourth-order valence-corrected chi connectivity index (χ4v) is 6.41. The smallest absolute Gasteiger partial charge is 0.416 e. The second kappa shape index (κ2) is 15.4. The van der Waals surface area contributed by atoms with Crippen LogP contribution < -0.4 is 20.7 Å². The van der Waals surface area contributed by atoms with Crippen LogP contribution in [0.1, 0.15) is 47.7 Å². The van der Waals surface area contributed by atoms with Gasteiger partial charge in [0.1, 0.15) is 5.75 Å². The fourth-order valence-electron chi connectivity index (χ4n) is 6.16. The molecule has 0 spiro atoms. The highest BCUT2D eigenvalue weighted by atomic mass is 35.5. The summed E-state index contributed by atoms with van der Waals surface area (Å²) in [5.41, 5.74) is -0.812. The zero-order chi connectivity index (χ0) is 34.5. The van der Waals surface area contributed by atoms with Crippen LogP contribution in [0, 0.1) is 0 Å². The summed E-state index contributed by atoms with van der Waals surface area (Å²) < 4.78 is 47.4. The fraction of sp³-hybridized carbons (Fsp3) is 0.412. The third kappa shape index (κ3) is 8.07. The second-order valence-corrected chi connectivity index (χ2v) is 12.6. The molecule has 48 heavy (non-hydrogen) atoms. The molecule has 0 bridgehead atoms. The van der Waals surface area contributed by atoms with E-state index in [9.17, 15) is 22.8 Å². The molecule has 2 aliphatic heterocycles. The molecule has 3 aromatic carbocycles. The van der Waals surface area contributed by atoms with Crippen molar-refractivity contribution in [2.45, 2.75) is 37.3 Å². The van der Waals surface area contributed by atoms with Crippen LogP contribution >= 0.6 is 23.2 Å². The number of piperazine rings is 1. The van der Waals surface area contributed by atoms with Gasteiger partial charge in [0.25, 0.3) is 5.91 Å². The maximum Gasteiger partial charge on any atom is 0.416 e. The third-order valence-electron chi connectivity index (χ3n) is 8.55. The predicted octanol–water partition coefficient (Wildman–Crippen LogP) is 4.88. The van der Waals surface area contributed by atoms with Gasteiger partial charge in [-0.1, -0.05) is 53.5 Å². The molecule has 0 saturated carbocycles. The number of nitrogens with one attached hydrogen (secondary N) is 3. The minimum Gasteiger partial charge on any atom is -0.493 e. The molecule has 0 aliphatic carbocycles. The van der Waals surface area contributed by atoms with Crippen LogP contribution in [0.3, 0.4) is 0 Å². The lowest BCUT2D eigenvalue weighted by Crippen LogP contribution is -2.62. The molecule has 14 heteroatoms. The molecule has 0 radical (unpaired) electrons. The first-order valence-corrected chi connectivity index (χ1v) is 16.5. The van der Waals surface area contributed by atoms with Gasteiger partial charge in [-0.2, -0.15) is 13.2 Å². The molecule has 9 nitrogen and oxygen atoms in total. The van der Waals surface area contributed by atoms with Crippen molar-refractivity contribution in [3.05, 3.63) is 99.0 Å². The molecule has 2 fully saturated rings. The van der Waals surface area contributed by atoms with Gasteiger partial charge in [0.05, 0.1) is 30.8 Å². The number of hydrogen-bond donors (Lipinski definition) is 4. The molecule has 2 heterocycles. The van der Waals surface area contributed by atoms with Gasteiger partial charge in [0.15, 0.2) is 5.66 Å². The highest BCUT2D eigenvalue weighted by Gasteiger charge is 2.55. The van der Waals surface area contributed by atoms with Crippen molar-refractivity contribution < 1.29 is 32.6 Å².